The minimum absolute atomic E-state index is 0.0500. The summed E-state index contributed by atoms with van der Waals surface area (Å²) in [5.41, 5.74) is 4.06. The molecule has 0 spiro atoms. The summed E-state index contributed by atoms with van der Waals surface area (Å²) in [6, 6.07) is 13.7. The molecule has 1 aliphatic heterocycles. The van der Waals surface area contributed by atoms with Crippen LogP contribution < -0.4 is 0 Å². The Morgan fingerprint density at radius 2 is 1.96 bits per heavy atom. The van der Waals surface area contributed by atoms with Gasteiger partial charge >= 0.3 is 0 Å². The highest BCUT2D eigenvalue weighted by atomic mass is 16.3. The van der Waals surface area contributed by atoms with E-state index < -0.39 is 0 Å². The standard InChI is InChI=1S/C22H27NO2/c1-16-7-3-4-9-19(16)13-12-18-8-6-14-23(15-18)22(25)20-10-5-11-21(24)17(20)2/h3-5,7,9-11,18,24H,6,8,12-15H2,1-2H3/t18-/m0/s1. The lowest BCUT2D eigenvalue weighted by atomic mass is 9.90. The molecule has 0 saturated carbocycles. The van der Waals surface area contributed by atoms with Gasteiger partial charge in [0.15, 0.2) is 0 Å². The summed E-state index contributed by atoms with van der Waals surface area (Å²) in [5, 5.41) is 9.86. The van der Waals surface area contributed by atoms with Gasteiger partial charge < -0.3 is 10.0 Å². The molecule has 2 aromatic rings. The minimum Gasteiger partial charge on any atom is -0.508 e. The number of likely N-dealkylation sites (tertiary alicyclic amines) is 1. The van der Waals surface area contributed by atoms with Gasteiger partial charge in [0.2, 0.25) is 0 Å². The summed E-state index contributed by atoms with van der Waals surface area (Å²) < 4.78 is 0. The fraction of sp³-hybridized carbons (Fsp3) is 0.409. The lowest BCUT2D eigenvalue weighted by molar-refractivity contribution is 0.0667. The molecule has 0 bridgehead atoms. The van der Waals surface area contributed by atoms with Crippen LogP contribution in [0.2, 0.25) is 0 Å². The van der Waals surface area contributed by atoms with Gasteiger partial charge in [0.1, 0.15) is 5.75 Å². The summed E-state index contributed by atoms with van der Waals surface area (Å²) in [6.45, 7) is 5.60. The predicted molar refractivity (Wildman–Crippen MR) is 101 cm³/mol. The van der Waals surface area contributed by atoms with Gasteiger partial charge in [0.25, 0.3) is 5.91 Å². The number of carbonyl (C=O) groups excluding carboxylic acids is 1. The fourth-order valence-corrected chi connectivity index (χ4v) is 3.76. The minimum atomic E-state index is 0.0500. The Morgan fingerprint density at radius 1 is 1.16 bits per heavy atom. The molecular weight excluding hydrogens is 310 g/mol. The number of rotatable bonds is 4. The van der Waals surface area contributed by atoms with E-state index in [1.807, 2.05) is 17.9 Å². The average Bonchev–Trinajstić information content (AvgIpc) is 2.63. The summed E-state index contributed by atoms with van der Waals surface area (Å²) in [4.78, 5) is 14.8. The molecule has 25 heavy (non-hydrogen) atoms. The third-order valence-electron chi connectivity index (χ3n) is 5.42. The maximum Gasteiger partial charge on any atom is 0.254 e. The number of hydrogen-bond donors (Lipinski definition) is 1. The van der Waals surface area contributed by atoms with Crippen molar-refractivity contribution in [3.05, 3.63) is 64.7 Å². The van der Waals surface area contributed by atoms with E-state index in [0.717, 1.165) is 32.4 Å². The molecule has 0 unspecified atom stereocenters. The molecule has 3 rings (SSSR count). The quantitative estimate of drug-likeness (QED) is 0.893. The molecule has 1 saturated heterocycles. The van der Waals surface area contributed by atoms with Gasteiger partial charge in [-0.3, -0.25) is 4.79 Å². The second kappa shape index (κ2) is 7.73. The Bertz CT molecular complexity index is 753. The number of carbonyl (C=O) groups is 1. The van der Waals surface area contributed by atoms with Crippen LogP contribution >= 0.6 is 0 Å². The van der Waals surface area contributed by atoms with Crippen molar-refractivity contribution in [2.75, 3.05) is 13.1 Å². The van der Waals surface area contributed by atoms with Crippen molar-refractivity contribution in [1.29, 1.82) is 0 Å². The zero-order valence-electron chi connectivity index (χ0n) is 15.2. The van der Waals surface area contributed by atoms with Crippen LogP contribution in [-0.4, -0.2) is 29.0 Å². The molecule has 1 heterocycles. The smallest absolute Gasteiger partial charge is 0.254 e. The molecule has 1 fully saturated rings. The third-order valence-corrected chi connectivity index (χ3v) is 5.42. The van der Waals surface area contributed by atoms with Crippen LogP contribution in [-0.2, 0) is 6.42 Å². The van der Waals surface area contributed by atoms with E-state index in [2.05, 4.69) is 31.2 Å². The first-order valence-corrected chi connectivity index (χ1v) is 9.18. The van der Waals surface area contributed by atoms with Crippen molar-refractivity contribution >= 4 is 5.91 Å². The Kier molecular flexibility index (Phi) is 5.42. The van der Waals surface area contributed by atoms with Crippen LogP contribution in [0.4, 0.5) is 0 Å². The van der Waals surface area contributed by atoms with Crippen LogP contribution in [0.25, 0.3) is 0 Å². The first-order chi connectivity index (χ1) is 12.1. The van der Waals surface area contributed by atoms with Gasteiger partial charge in [-0.25, -0.2) is 0 Å². The normalized spacial score (nSPS) is 17.5. The first-order valence-electron chi connectivity index (χ1n) is 9.18. The Morgan fingerprint density at radius 3 is 2.76 bits per heavy atom. The number of amides is 1. The van der Waals surface area contributed by atoms with Crippen molar-refractivity contribution in [1.82, 2.24) is 4.90 Å². The monoisotopic (exact) mass is 337 g/mol. The van der Waals surface area contributed by atoms with Gasteiger partial charge in [-0.1, -0.05) is 30.3 Å². The third kappa shape index (κ3) is 4.04. The lowest BCUT2D eigenvalue weighted by Gasteiger charge is -2.33. The van der Waals surface area contributed by atoms with E-state index in [4.69, 9.17) is 0 Å². The number of hydrogen-bond acceptors (Lipinski definition) is 2. The van der Waals surface area contributed by atoms with Crippen molar-refractivity contribution < 1.29 is 9.90 Å². The van der Waals surface area contributed by atoms with Gasteiger partial charge in [-0.2, -0.15) is 0 Å². The van der Waals surface area contributed by atoms with Crippen molar-refractivity contribution in [3.63, 3.8) is 0 Å². The molecular formula is C22H27NO2. The molecule has 1 atom stereocenters. The van der Waals surface area contributed by atoms with Crippen molar-refractivity contribution in [2.24, 2.45) is 5.92 Å². The molecule has 1 N–H and O–H groups in total. The Hall–Kier alpha value is -2.29. The second-order valence-electron chi connectivity index (χ2n) is 7.17. The molecule has 2 aromatic carbocycles. The van der Waals surface area contributed by atoms with Gasteiger partial charge in [0.05, 0.1) is 0 Å². The number of nitrogens with zero attached hydrogens (tertiary/aromatic N) is 1. The van der Waals surface area contributed by atoms with Crippen LogP contribution in [0.5, 0.6) is 5.75 Å². The molecule has 0 radical (unpaired) electrons. The largest absolute Gasteiger partial charge is 0.508 e. The van der Waals surface area contributed by atoms with E-state index in [1.54, 1.807) is 12.1 Å². The average molecular weight is 337 g/mol. The van der Waals surface area contributed by atoms with E-state index in [1.165, 1.54) is 17.5 Å². The molecule has 1 amide bonds. The van der Waals surface area contributed by atoms with Gasteiger partial charge in [0, 0.05) is 24.2 Å². The van der Waals surface area contributed by atoms with Crippen LogP contribution in [0, 0.1) is 19.8 Å². The topological polar surface area (TPSA) is 40.5 Å². The van der Waals surface area contributed by atoms with Crippen molar-refractivity contribution in [2.45, 2.75) is 39.5 Å². The Balaban J connectivity index is 1.64. The fourth-order valence-electron chi connectivity index (χ4n) is 3.76. The molecule has 1 aliphatic rings. The van der Waals surface area contributed by atoms with Crippen LogP contribution in [0.3, 0.4) is 0 Å². The number of aromatic hydroxyl groups is 1. The van der Waals surface area contributed by atoms with E-state index in [-0.39, 0.29) is 11.7 Å². The zero-order chi connectivity index (χ0) is 17.8. The summed E-state index contributed by atoms with van der Waals surface area (Å²) in [5.74, 6) is 0.794. The maximum atomic E-state index is 12.9. The predicted octanol–water partition coefficient (Wildman–Crippen LogP) is 4.49. The highest BCUT2D eigenvalue weighted by Crippen LogP contribution is 2.26. The highest BCUT2D eigenvalue weighted by molar-refractivity contribution is 5.96. The maximum absolute atomic E-state index is 12.9. The highest BCUT2D eigenvalue weighted by Gasteiger charge is 2.25. The van der Waals surface area contributed by atoms with Crippen LogP contribution in [0.1, 0.15) is 46.3 Å². The summed E-state index contributed by atoms with van der Waals surface area (Å²) in [6.07, 6.45) is 4.44. The second-order valence-corrected chi connectivity index (χ2v) is 7.17. The van der Waals surface area contributed by atoms with E-state index in [9.17, 15) is 9.90 Å². The van der Waals surface area contributed by atoms with Crippen LogP contribution in [0.15, 0.2) is 42.5 Å². The van der Waals surface area contributed by atoms with Crippen molar-refractivity contribution in [3.8, 4) is 5.75 Å². The Labute approximate surface area is 150 Å². The molecule has 132 valence electrons. The molecule has 3 nitrogen and oxygen atoms in total. The number of phenols is 1. The van der Waals surface area contributed by atoms with Gasteiger partial charge in [-0.15, -0.1) is 0 Å². The SMILES string of the molecule is Cc1ccccc1CC[C@@H]1CCCN(C(=O)c2cccc(O)c2C)C1. The first kappa shape index (κ1) is 17.5. The number of piperidine rings is 1. The lowest BCUT2D eigenvalue weighted by Crippen LogP contribution is -2.40. The summed E-state index contributed by atoms with van der Waals surface area (Å²) >= 11 is 0. The zero-order valence-corrected chi connectivity index (χ0v) is 15.2. The van der Waals surface area contributed by atoms with E-state index in [0.29, 0.717) is 17.0 Å². The number of aryl methyl sites for hydroxylation is 2. The molecule has 3 heteroatoms. The number of phenolic OH excluding ortho intramolecular Hbond substituents is 1. The van der Waals surface area contributed by atoms with E-state index >= 15 is 0 Å². The van der Waals surface area contributed by atoms with Gasteiger partial charge in [-0.05, 0) is 68.7 Å². The number of benzene rings is 2. The molecule has 0 aromatic heterocycles. The summed E-state index contributed by atoms with van der Waals surface area (Å²) in [7, 11) is 0. The molecule has 0 aliphatic carbocycles.